The molecule has 0 N–H and O–H groups in total. The summed E-state index contributed by atoms with van der Waals surface area (Å²) in [6.07, 6.45) is 0.903. The maximum absolute atomic E-state index is 11.9. The lowest BCUT2D eigenvalue weighted by molar-refractivity contribution is -0.144. The van der Waals surface area contributed by atoms with Crippen molar-refractivity contribution in [2.45, 2.75) is 38.5 Å². The minimum atomic E-state index is -0.371. The molecule has 17 heavy (non-hydrogen) atoms. The number of hydrogen-bond acceptors (Lipinski definition) is 2. The third-order valence-electron chi connectivity index (χ3n) is 3.95. The van der Waals surface area contributed by atoms with Crippen molar-refractivity contribution in [2.24, 2.45) is 5.92 Å². The molecular weight excluding hydrogens is 212 g/mol. The summed E-state index contributed by atoms with van der Waals surface area (Å²) in [5.74, 6) is 0.817. The summed E-state index contributed by atoms with van der Waals surface area (Å²) in [7, 11) is 1.47. The summed E-state index contributed by atoms with van der Waals surface area (Å²) in [6, 6.07) is 8.40. The quantitative estimate of drug-likeness (QED) is 0.748. The number of benzene rings is 1. The van der Waals surface area contributed by atoms with E-state index in [4.69, 9.17) is 4.74 Å². The van der Waals surface area contributed by atoms with Gasteiger partial charge in [0.25, 0.3) is 0 Å². The van der Waals surface area contributed by atoms with Crippen molar-refractivity contribution in [1.82, 2.24) is 0 Å². The molecule has 0 aromatic heterocycles. The molecule has 1 aliphatic carbocycles. The Balaban J connectivity index is 2.31. The smallest absolute Gasteiger partial charge is 0.316 e. The van der Waals surface area contributed by atoms with Gasteiger partial charge in [-0.05, 0) is 29.4 Å². The standard InChI is InChI=1S/C15H20O2/c1-10(2)12-5-7-13(8-6-12)15(9-11(15)3)14(16)17-4/h5-8,10-11H,9H2,1-4H3. The van der Waals surface area contributed by atoms with Crippen LogP contribution in [0.25, 0.3) is 0 Å². The lowest BCUT2D eigenvalue weighted by Gasteiger charge is -2.15. The molecule has 0 heterocycles. The van der Waals surface area contributed by atoms with Crippen LogP contribution in [-0.2, 0) is 14.9 Å². The number of methoxy groups -OCH3 is 1. The molecule has 1 aromatic carbocycles. The molecular formula is C15H20O2. The Bertz CT molecular complexity index is 419. The van der Waals surface area contributed by atoms with E-state index in [2.05, 4.69) is 45.0 Å². The topological polar surface area (TPSA) is 26.3 Å². The lowest BCUT2D eigenvalue weighted by Crippen LogP contribution is -2.24. The highest BCUT2D eigenvalue weighted by atomic mass is 16.5. The molecule has 2 heteroatoms. The van der Waals surface area contributed by atoms with Crippen molar-refractivity contribution < 1.29 is 9.53 Å². The molecule has 2 unspecified atom stereocenters. The zero-order valence-corrected chi connectivity index (χ0v) is 11.0. The largest absolute Gasteiger partial charge is 0.468 e. The number of hydrogen-bond donors (Lipinski definition) is 0. The molecule has 1 fully saturated rings. The lowest BCUT2D eigenvalue weighted by atomic mass is 9.91. The predicted molar refractivity (Wildman–Crippen MR) is 68.0 cm³/mol. The summed E-state index contributed by atoms with van der Waals surface area (Å²) in [4.78, 5) is 11.9. The van der Waals surface area contributed by atoms with Gasteiger partial charge in [0.05, 0.1) is 12.5 Å². The van der Waals surface area contributed by atoms with Gasteiger partial charge in [0.1, 0.15) is 0 Å². The third-order valence-corrected chi connectivity index (χ3v) is 3.95. The zero-order valence-electron chi connectivity index (χ0n) is 11.0. The summed E-state index contributed by atoms with van der Waals surface area (Å²) < 4.78 is 4.94. The van der Waals surface area contributed by atoms with E-state index >= 15 is 0 Å². The Morgan fingerprint density at radius 3 is 2.24 bits per heavy atom. The van der Waals surface area contributed by atoms with Crippen molar-refractivity contribution >= 4 is 5.97 Å². The molecule has 92 valence electrons. The second kappa shape index (κ2) is 4.17. The highest BCUT2D eigenvalue weighted by Crippen LogP contribution is 2.54. The molecule has 0 radical (unpaired) electrons. The van der Waals surface area contributed by atoms with Gasteiger partial charge in [-0.25, -0.2) is 0 Å². The molecule has 0 saturated heterocycles. The number of carbonyl (C=O) groups excluding carboxylic acids is 1. The Hall–Kier alpha value is -1.31. The Morgan fingerprint density at radius 2 is 1.88 bits per heavy atom. The fraction of sp³-hybridized carbons (Fsp3) is 0.533. The second-order valence-electron chi connectivity index (χ2n) is 5.34. The van der Waals surface area contributed by atoms with Crippen LogP contribution in [0.2, 0.25) is 0 Å². The molecule has 2 atom stereocenters. The predicted octanol–water partition coefficient (Wildman–Crippen LogP) is 3.26. The van der Waals surface area contributed by atoms with Gasteiger partial charge in [-0.1, -0.05) is 45.0 Å². The molecule has 1 saturated carbocycles. The van der Waals surface area contributed by atoms with Gasteiger partial charge in [0.15, 0.2) is 0 Å². The molecule has 1 aliphatic rings. The van der Waals surface area contributed by atoms with Crippen molar-refractivity contribution in [1.29, 1.82) is 0 Å². The second-order valence-corrected chi connectivity index (χ2v) is 5.34. The number of ether oxygens (including phenoxy) is 1. The molecule has 1 aromatic rings. The van der Waals surface area contributed by atoms with Crippen molar-refractivity contribution in [2.75, 3.05) is 7.11 Å². The van der Waals surface area contributed by atoms with Gasteiger partial charge in [-0.2, -0.15) is 0 Å². The van der Waals surface area contributed by atoms with E-state index < -0.39 is 0 Å². The molecule has 2 nitrogen and oxygen atoms in total. The number of carbonyl (C=O) groups is 1. The molecule has 0 amide bonds. The van der Waals surface area contributed by atoms with E-state index in [9.17, 15) is 4.79 Å². The minimum Gasteiger partial charge on any atom is -0.468 e. The van der Waals surface area contributed by atoms with E-state index in [-0.39, 0.29) is 11.4 Å². The first-order valence-electron chi connectivity index (χ1n) is 6.21. The van der Waals surface area contributed by atoms with Crippen molar-refractivity contribution in [3.63, 3.8) is 0 Å². The van der Waals surface area contributed by atoms with Crippen LogP contribution in [0, 0.1) is 5.92 Å². The first-order valence-corrected chi connectivity index (χ1v) is 6.21. The first kappa shape index (κ1) is 12.2. The van der Waals surface area contributed by atoms with Crippen LogP contribution in [-0.4, -0.2) is 13.1 Å². The molecule has 0 bridgehead atoms. The van der Waals surface area contributed by atoms with Crippen LogP contribution in [0.3, 0.4) is 0 Å². The van der Waals surface area contributed by atoms with E-state index in [0.717, 1.165) is 12.0 Å². The van der Waals surface area contributed by atoms with Crippen molar-refractivity contribution in [3.05, 3.63) is 35.4 Å². The number of rotatable bonds is 3. The third kappa shape index (κ3) is 1.86. The van der Waals surface area contributed by atoms with Gasteiger partial charge >= 0.3 is 5.97 Å². The van der Waals surface area contributed by atoms with Gasteiger partial charge in [-0.3, -0.25) is 4.79 Å². The highest BCUT2D eigenvalue weighted by molar-refractivity contribution is 5.87. The van der Waals surface area contributed by atoms with Gasteiger partial charge < -0.3 is 4.74 Å². The Labute approximate surface area is 103 Å². The van der Waals surface area contributed by atoms with Gasteiger partial charge in [0.2, 0.25) is 0 Å². The Kier molecular flexibility index (Phi) is 2.98. The molecule has 2 rings (SSSR count). The van der Waals surface area contributed by atoms with E-state index in [1.807, 2.05) is 0 Å². The highest BCUT2D eigenvalue weighted by Gasteiger charge is 2.59. The Morgan fingerprint density at radius 1 is 1.35 bits per heavy atom. The van der Waals surface area contributed by atoms with Crippen molar-refractivity contribution in [3.8, 4) is 0 Å². The minimum absolute atomic E-state index is 0.0951. The average molecular weight is 232 g/mol. The summed E-state index contributed by atoms with van der Waals surface area (Å²) in [6.45, 7) is 6.45. The van der Waals surface area contributed by atoms with E-state index in [1.165, 1.54) is 12.7 Å². The van der Waals surface area contributed by atoms with Gasteiger partial charge in [0, 0.05) is 0 Å². The normalized spacial score (nSPS) is 27.0. The average Bonchev–Trinajstić information content (AvgIpc) is 3.01. The summed E-state index contributed by atoms with van der Waals surface area (Å²) >= 11 is 0. The van der Waals surface area contributed by atoms with E-state index in [0.29, 0.717) is 11.8 Å². The first-order chi connectivity index (χ1) is 8.02. The van der Waals surface area contributed by atoms with Crippen LogP contribution < -0.4 is 0 Å². The van der Waals surface area contributed by atoms with E-state index in [1.54, 1.807) is 0 Å². The zero-order chi connectivity index (χ0) is 12.6. The maximum Gasteiger partial charge on any atom is 0.316 e. The summed E-state index contributed by atoms with van der Waals surface area (Å²) in [5.41, 5.74) is 2.04. The molecule has 0 aliphatic heterocycles. The van der Waals surface area contributed by atoms with Crippen LogP contribution in [0.1, 0.15) is 44.2 Å². The van der Waals surface area contributed by atoms with Crippen LogP contribution in [0.5, 0.6) is 0 Å². The SMILES string of the molecule is COC(=O)C1(c2ccc(C(C)C)cc2)CC1C. The molecule has 0 spiro atoms. The maximum atomic E-state index is 11.9. The van der Waals surface area contributed by atoms with Gasteiger partial charge in [-0.15, -0.1) is 0 Å². The van der Waals surface area contributed by atoms with Crippen LogP contribution in [0.15, 0.2) is 24.3 Å². The van der Waals surface area contributed by atoms with Crippen LogP contribution >= 0.6 is 0 Å². The van der Waals surface area contributed by atoms with Crippen LogP contribution in [0.4, 0.5) is 0 Å². The monoisotopic (exact) mass is 232 g/mol. The number of esters is 1. The fourth-order valence-corrected chi connectivity index (χ4v) is 2.58. The summed E-state index contributed by atoms with van der Waals surface area (Å²) in [5, 5.41) is 0. The fourth-order valence-electron chi connectivity index (χ4n) is 2.58.